The zero-order chi connectivity index (χ0) is 14.1. The number of nitrogens with one attached hydrogen (secondary N) is 1. The molecular weight excluding hydrogens is 258 g/mol. The van der Waals surface area contributed by atoms with Crippen LogP contribution in [0.5, 0.6) is 0 Å². The molecule has 0 aromatic heterocycles. The highest BCUT2D eigenvalue weighted by atomic mass is 35.5. The zero-order valence-corrected chi connectivity index (χ0v) is 13.4. The zero-order valence-electron chi connectivity index (χ0n) is 12.6. The lowest BCUT2D eigenvalue weighted by atomic mass is 9.84. The maximum absolute atomic E-state index is 11.9. The topological polar surface area (TPSA) is 29.1 Å². The molecule has 1 rings (SSSR count). The van der Waals surface area contributed by atoms with Gasteiger partial charge in [-0.15, -0.1) is 11.6 Å². The highest BCUT2D eigenvalue weighted by molar-refractivity contribution is 6.18. The number of carbonyl (C=O) groups is 1. The Balaban J connectivity index is 2.23. The maximum Gasteiger partial charge on any atom is 0.220 e. The highest BCUT2D eigenvalue weighted by Gasteiger charge is 2.25. The summed E-state index contributed by atoms with van der Waals surface area (Å²) in [5, 5.41) is 3.09. The Hall–Kier alpha value is -0.240. The summed E-state index contributed by atoms with van der Waals surface area (Å²) >= 11 is 6.06. The summed E-state index contributed by atoms with van der Waals surface area (Å²) in [4.78, 5) is 11.9. The number of carbonyl (C=O) groups excluding carboxylic acids is 1. The average Bonchev–Trinajstić information content (AvgIpc) is 2.48. The van der Waals surface area contributed by atoms with Gasteiger partial charge in [-0.1, -0.05) is 46.0 Å². The summed E-state index contributed by atoms with van der Waals surface area (Å²) in [5.41, 5.74) is 0.0854. The molecule has 0 aliphatic heterocycles. The van der Waals surface area contributed by atoms with E-state index >= 15 is 0 Å². The Kier molecular flexibility index (Phi) is 7.82. The molecule has 2 nitrogen and oxygen atoms in total. The Morgan fingerprint density at radius 2 is 1.84 bits per heavy atom. The maximum atomic E-state index is 11.9. The van der Waals surface area contributed by atoms with Crippen molar-refractivity contribution in [2.75, 3.05) is 12.4 Å². The second-order valence-electron chi connectivity index (χ2n) is 6.16. The van der Waals surface area contributed by atoms with Crippen molar-refractivity contribution < 1.29 is 4.79 Å². The van der Waals surface area contributed by atoms with Crippen molar-refractivity contribution in [3.8, 4) is 0 Å². The predicted molar refractivity (Wildman–Crippen MR) is 82.6 cm³/mol. The van der Waals surface area contributed by atoms with Crippen LogP contribution in [0.1, 0.15) is 71.6 Å². The predicted octanol–water partition coefficient (Wildman–Crippen LogP) is 4.51. The lowest BCUT2D eigenvalue weighted by Crippen LogP contribution is -2.38. The Morgan fingerprint density at radius 3 is 2.37 bits per heavy atom. The summed E-state index contributed by atoms with van der Waals surface area (Å²) in [6.07, 6.45) is 10.5. The van der Waals surface area contributed by atoms with Gasteiger partial charge in [0.05, 0.1) is 0 Å². The van der Waals surface area contributed by atoms with Crippen molar-refractivity contribution >= 4 is 17.5 Å². The molecule has 0 bridgehead atoms. The van der Waals surface area contributed by atoms with Crippen molar-refractivity contribution in [1.82, 2.24) is 5.32 Å². The molecule has 0 radical (unpaired) electrons. The van der Waals surface area contributed by atoms with Crippen LogP contribution in [-0.4, -0.2) is 18.3 Å². The van der Waals surface area contributed by atoms with Gasteiger partial charge in [-0.25, -0.2) is 0 Å². The van der Waals surface area contributed by atoms with Crippen LogP contribution in [0.25, 0.3) is 0 Å². The molecule has 1 N–H and O–H groups in total. The van der Waals surface area contributed by atoms with Crippen molar-refractivity contribution in [2.24, 2.45) is 11.3 Å². The largest absolute Gasteiger partial charge is 0.356 e. The molecule has 1 saturated carbocycles. The molecule has 0 spiro atoms. The third-order valence-electron chi connectivity index (χ3n) is 4.95. The number of alkyl halides is 1. The van der Waals surface area contributed by atoms with E-state index in [9.17, 15) is 4.79 Å². The Bertz CT molecular complexity index is 249. The van der Waals surface area contributed by atoms with Crippen molar-refractivity contribution in [1.29, 1.82) is 0 Å². The normalized spacial score (nSPS) is 17.4. The number of rotatable bonds is 8. The lowest BCUT2D eigenvalue weighted by Gasteiger charge is -2.29. The third-order valence-corrected chi connectivity index (χ3v) is 5.52. The van der Waals surface area contributed by atoms with Crippen LogP contribution in [-0.2, 0) is 4.79 Å². The Labute approximate surface area is 123 Å². The van der Waals surface area contributed by atoms with E-state index in [1.165, 1.54) is 32.1 Å². The monoisotopic (exact) mass is 287 g/mol. The standard InChI is InChI=1S/C16H30ClNO/c1-3-16(4-2,12-17)13-18-15(19)11-10-14-8-6-5-7-9-14/h14H,3-13H2,1-2H3,(H,18,19). The van der Waals surface area contributed by atoms with Gasteiger partial charge in [-0.2, -0.15) is 0 Å². The molecular formula is C16H30ClNO. The number of amides is 1. The molecule has 0 saturated heterocycles. The van der Waals surface area contributed by atoms with Crippen LogP contribution in [0.2, 0.25) is 0 Å². The first-order valence-corrected chi connectivity index (χ1v) is 8.52. The minimum atomic E-state index is 0.0854. The lowest BCUT2D eigenvalue weighted by molar-refractivity contribution is -0.121. The first kappa shape index (κ1) is 16.8. The average molecular weight is 288 g/mol. The van der Waals surface area contributed by atoms with Gasteiger partial charge in [0.25, 0.3) is 0 Å². The number of hydrogen-bond donors (Lipinski definition) is 1. The van der Waals surface area contributed by atoms with E-state index in [0.29, 0.717) is 12.3 Å². The molecule has 1 aliphatic carbocycles. The van der Waals surface area contributed by atoms with Gasteiger partial charge in [0.2, 0.25) is 5.91 Å². The van der Waals surface area contributed by atoms with Crippen LogP contribution < -0.4 is 5.32 Å². The van der Waals surface area contributed by atoms with Crippen LogP contribution in [0, 0.1) is 11.3 Å². The van der Waals surface area contributed by atoms with Crippen LogP contribution in [0.3, 0.4) is 0 Å². The number of halogens is 1. The molecule has 0 atom stereocenters. The molecule has 1 fully saturated rings. The van der Waals surface area contributed by atoms with E-state index in [2.05, 4.69) is 19.2 Å². The van der Waals surface area contributed by atoms with Crippen molar-refractivity contribution in [3.05, 3.63) is 0 Å². The van der Waals surface area contributed by atoms with Gasteiger partial charge in [-0.05, 0) is 25.2 Å². The van der Waals surface area contributed by atoms with Crippen LogP contribution in [0.4, 0.5) is 0 Å². The molecule has 1 aliphatic rings. The first-order valence-electron chi connectivity index (χ1n) is 7.98. The molecule has 112 valence electrons. The molecule has 0 aromatic rings. The molecule has 0 aromatic carbocycles. The van der Waals surface area contributed by atoms with E-state index in [1.807, 2.05) is 0 Å². The molecule has 3 heteroatoms. The fourth-order valence-electron chi connectivity index (χ4n) is 2.92. The summed E-state index contributed by atoms with van der Waals surface area (Å²) in [6.45, 7) is 5.03. The van der Waals surface area contributed by atoms with Crippen LogP contribution >= 0.6 is 11.6 Å². The van der Waals surface area contributed by atoms with E-state index < -0.39 is 0 Å². The molecule has 0 heterocycles. The molecule has 0 unspecified atom stereocenters. The van der Waals surface area contributed by atoms with Crippen LogP contribution in [0.15, 0.2) is 0 Å². The fourth-order valence-corrected chi connectivity index (χ4v) is 3.39. The van der Waals surface area contributed by atoms with E-state index in [-0.39, 0.29) is 11.3 Å². The van der Waals surface area contributed by atoms with E-state index in [1.54, 1.807) is 0 Å². The third kappa shape index (κ3) is 5.72. The van der Waals surface area contributed by atoms with Gasteiger partial charge in [0, 0.05) is 24.3 Å². The fraction of sp³-hybridized carbons (Fsp3) is 0.938. The minimum absolute atomic E-state index is 0.0854. The molecule has 19 heavy (non-hydrogen) atoms. The van der Waals surface area contributed by atoms with Gasteiger partial charge >= 0.3 is 0 Å². The van der Waals surface area contributed by atoms with Gasteiger partial charge in [-0.3, -0.25) is 4.79 Å². The smallest absolute Gasteiger partial charge is 0.220 e. The minimum Gasteiger partial charge on any atom is -0.356 e. The van der Waals surface area contributed by atoms with E-state index in [4.69, 9.17) is 11.6 Å². The Morgan fingerprint density at radius 1 is 1.21 bits per heavy atom. The van der Waals surface area contributed by atoms with Gasteiger partial charge in [0.1, 0.15) is 0 Å². The summed E-state index contributed by atoms with van der Waals surface area (Å²) in [7, 11) is 0. The SMILES string of the molecule is CCC(CC)(CCl)CNC(=O)CCC1CCCCC1. The summed E-state index contributed by atoms with van der Waals surface area (Å²) in [6, 6.07) is 0. The van der Waals surface area contributed by atoms with Gasteiger partial charge in [0.15, 0.2) is 0 Å². The summed E-state index contributed by atoms with van der Waals surface area (Å²) < 4.78 is 0. The first-order chi connectivity index (χ1) is 9.15. The van der Waals surface area contributed by atoms with E-state index in [0.717, 1.165) is 31.7 Å². The highest BCUT2D eigenvalue weighted by Crippen LogP contribution is 2.28. The second-order valence-corrected chi connectivity index (χ2v) is 6.43. The van der Waals surface area contributed by atoms with Crippen molar-refractivity contribution in [3.63, 3.8) is 0 Å². The van der Waals surface area contributed by atoms with Gasteiger partial charge < -0.3 is 5.32 Å². The number of hydrogen-bond acceptors (Lipinski definition) is 1. The van der Waals surface area contributed by atoms with Crippen molar-refractivity contribution in [2.45, 2.75) is 71.6 Å². The quantitative estimate of drug-likeness (QED) is 0.654. The molecule has 1 amide bonds. The second kappa shape index (κ2) is 8.84. The summed E-state index contributed by atoms with van der Waals surface area (Å²) in [5.74, 6) is 1.62.